The van der Waals surface area contributed by atoms with Crippen molar-refractivity contribution in [2.24, 2.45) is 7.05 Å². The number of alkyl carbamates (subject to hydrolysis) is 1. The highest BCUT2D eigenvalue weighted by Crippen LogP contribution is 2.44. The molecule has 4 rings (SSSR count). The van der Waals surface area contributed by atoms with Crippen LogP contribution in [0.25, 0.3) is 11.1 Å². The number of nitrogens with one attached hydrogen (secondary N) is 2. The lowest BCUT2D eigenvalue weighted by Crippen LogP contribution is -2.37. The van der Waals surface area contributed by atoms with E-state index in [-0.39, 0.29) is 31.2 Å². The van der Waals surface area contributed by atoms with Gasteiger partial charge in [-0.1, -0.05) is 48.5 Å². The molecule has 9 nitrogen and oxygen atoms in total. The molecule has 0 fully saturated rings. The van der Waals surface area contributed by atoms with Gasteiger partial charge in [-0.3, -0.25) is 9.48 Å². The number of carbonyl (C=O) groups is 3. The molecule has 0 saturated carbocycles. The molecule has 0 atom stereocenters. The number of carboxylic acid groups (broad SMARTS) is 1. The Morgan fingerprint density at radius 3 is 2.28 bits per heavy atom. The molecule has 9 heteroatoms. The monoisotopic (exact) mass is 434 g/mol. The molecule has 164 valence electrons. The van der Waals surface area contributed by atoms with Gasteiger partial charge in [0.2, 0.25) is 5.91 Å². The summed E-state index contributed by atoms with van der Waals surface area (Å²) in [5, 5.41) is 18.0. The maximum Gasteiger partial charge on any atom is 0.407 e. The van der Waals surface area contributed by atoms with E-state index >= 15 is 0 Å². The summed E-state index contributed by atoms with van der Waals surface area (Å²) in [7, 11) is 1.59. The lowest BCUT2D eigenvalue weighted by atomic mass is 9.98. The maximum absolute atomic E-state index is 12.2. The van der Waals surface area contributed by atoms with Crippen LogP contribution in [0.15, 0.2) is 54.7 Å². The highest BCUT2D eigenvalue weighted by molar-refractivity contribution is 5.89. The van der Waals surface area contributed by atoms with Gasteiger partial charge in [0.15, 0.2) is 0 Å². The van der Waals surface area contributed by atoms with Crippen molar-refractivity contribution in [3.8, 4) is 11.1 Å². The average Bonchev–Trinajstić information content (AvgIpc) is 3.32. The van der Waals surface area contributed by atoms with Gasteiger partial charge in [0.25, 0.3) is 0 Å². The van der Waals surface area contributed by atoms with Gasteiger partial charge in [-0.05, 0) is 22.3 Å². The van der Waals surface area contributed by atoms with Crippen LogP contribution in [0.2, 0.25) is 0 Å². The molecule has 0 bridgehead atoms. The highest BCUT2D eigenvalue weighted by Gasteiger charge is 2.29. The fourth-order valence-corrected chi connectivity index (χ4v) is 3.90. The number of ether oxygens (including phenoxy) is 1. The minimum Gasteiger partial charge on any atom is -0.478 e. The number of rotatable bonds is 7. The van der Waals surface area contributed by atoms with Gasteiger partial charge in [-0.2, -0.15) is 5.10 Å². The highest BCUT2D eigenvalue weighted by atomic mass is 16.5. The van der Waals surface area contributed by atoms with Crippen molar-refractivity contribution in [1.82, 2.24) is 20.4 Å². The van der Waals surface area contributed by atoms with Gasteiger partial charge in [0.05, 0.1) is 18.4 Å². The number of hydrogen-bond acceptors (Lipinski definition) is 5. The van der Waals surface area contributed by atoms with E-state index in [1.54, 1.807) is 7.05 Å². The molecule has 1 aliphatic carbocycles. The Labute approximate surface area is 184 Å². The third-order valence-electron chi connectivity index (χ3n) is 5.48. The van der Waals surface area contributed by atoms with E-state index in [0.29, 0.717) is 5.69 Å². The number of nitrogens with zero attached hydrogens (tertiary/aromatic N) is 2. The smallest absolute Gasteiger partial charge is 0.407 e. The zero-order chi connectivity index (χ0) is 22.7. The van der Waals surface area contributed by atoms with Gasteiger partial charge < -0.3 is 20.5 Å². The number of hydrogen-bond donors (Lipinski definition) is 3. The first-order valence-electron chi connectivity index (χ1n) is 10.1. The van der Waals surface area contributed by atoms with Gasteiger partial charge in [-0.25, -0.2) is 9.59 Å². The maximum atomic E-state index is 12.2. The van der Waals surface area contributed by atoms with E-state index in [1.165, 1.54) is 10.9 Å². The molecular formula is C23H22N4O5. The molecule has 0 aliphatic heterocycles. The van der Waals surface area contributed by atoms with Crippen molar-refractivity contribution < 1.29 is 24.2 Å². The third kappa shape index (κ3) is 4.18. The van der Waals surface area contributed by atoms with Crippen LogP contribution in [-0.2, 0) is 23.1 Å². The summed E-state index contributed by atoms with van der Waals surface area (Å²) < 4.78 is 6.77. The van der Waals surface area contributed by atoms with Crippen LogP contribution in [0, 0.1) is 0 Å². The molecule has 3 N–H and O–H groups in total. The number of carboxylic acids is 1. The third-order valence-corrected chi connectivity index (χ3v) is 5.48. The molecule has 32 heavy (non-hydrogen) atoms. The van der Waals surface area contributed by atoms with Gasteiger partial charge >= 0.3 is 12.1 Å². The standard InChI is InChI=1S/C23H22N4O5/c1-27-20(18(10-26-27)22(29)30)11-24-21(28)12-25-23(31)32-13-19-16-8-4-2-6-14(16)15-7-3-5-9-17(15)19/h2-10,19H,11-13H2,1H3,(H,24,28)(H,25,31)(H,29,30). The zero-order valence-electron chi connectivity index (χ0n) is 17.4. The van der Waals surface area contributed by atoms with Gasteiger partial charge in [0.1, 0.15) is 18.7 Å². The van der Waals surface area contributed by atoms with Crippen LogP contribution in [0.3, 0.4) is 0 Å². The molecule has 1 aromatic heterocycles. The van der Waals surface area contributed by atoms with Crippen molar-refractivity contribution in [2.75, 3.05) is 13.2 Å². The van der Waals surface area contributed by atoms with Crippen LogP contribution >= 0.6 is 0 Å². The second-order valence-corrected chi connectivity index (χ2v) is 7.39. The summed E-state index contributed by atoms with van der Waals surface area (Å²) >= 11 is 0. The number of aromatic nitrogens is 2. The van der Waals surface area contributed by atoms with Crippen LogP contribution in [0.1, 0.15) is 33.1 Å². The average molecular weight is 434 g/mol. The second kappa shape index (κ2) is 8.93. The Morgan fingerprint density at radius 2 is 1.66 bits per heavy atom. The van der Waals surface area contributed by atoms with Crippen LogP contribution in [0.4, 0.5) is 4.79 Å². The van der Waals surface area contributed by atoms with E-state index in [4.69, 9.17) is 9.84 Å². The molecule has 3 aromatic rings. The van der Waals surface area contributed by atoms with Gasteiger partial charge in [0, 0.05) is 13.0 Å². The molecular weight excluding hydrogens is 412 g/mol. The topological polar surface area (TPSA) is 123 Å². The molecule has 0 saturated heterocycles. The van der Waals surface area contributed by atoms with Crippen molar-refractivity contribution in [2.45, 2.75) is 12.5 Å². The van der Waals surface area contributed by atoms with Crippen LogP contribution < -0.4 is 10.6 Å². The van der Waals surface area contributed by atoms with Crippen molar-refractivity contribution >= 4 is 18.0 Å². The lowest BCUT2D eigenvalue weighted by molar-refractivity contribution is -0.120. The Hall–Kier alpha value is -4.14. The first-order valence-corrected chi connectivity index (χ1v) is 10.1. The summed E-state index contributed by atoms with van der Waals surface area (Å²) in [4.78, 5) is 35.4. The van der Waals surface area contributed by atoms with E-state index in [9.17, 15) is 14.4 Å². The van der Waals surface area contributed by atoms with Crippen molar-refractivity contribution in [3.05, 3.63) is 77.1 Å². The molecule has 0 unspecified atom stereocenters. The predicted octanol–water partition coefficient (Wildman–Crippen LogP) is 2.27. The normalized spacial score (nSPS) is 12.0. The van der Waals surface area contributed by atoms with Crippen molar-refractivity contribution in [3.63, 3.8) is 0 Å². The van der Waals surface area contributed by atoms with Crippen molar-refractivity contribution in [1.29, 1.82) is 0 Å². The first kappa shape index (κ1) is 21.1. The number of amides is 2. The number of fused-ring (bicyclic) bond motifs is 3. The summed E-state index contributed by atoms with van der Waals surface area (Å²) in [5.41, 5.74) is 4.83. The number of aryl methyl sites for hydroxylation is 1. The molecule has 2 aromatic carbocycles. The largest absolute Gasteiger partial charge is 0.478 e. The Kier molecular flexibility index (Phi) is 5.89. The summed E-state index contributed by atoms with van der Waals surface area (Å²) in [6.45, 7) is -0.168. The molecule has 1 aliphatic rings. The minimum atomic E-state index is -1.13. The Morgan fingerprint density at radius 1 is 1.03 bits per heavy atom. The fourth-order valence-electron chi connectivity index (χ4n) is 3.90. The quantitative estimate of drug-likeness (QED) is 0.524. The minimum absolute atomic E-state index is 0.0114. The van der Waals surface area contributed by atoms with Crippen LogP contribution in [0.5, 0.6) is 0 Å². The Balaban J connectivity index is 1.29. The second-order valence-electron chi connectivity index (χ2n) is 7.39. The number of benzene rings is 2. The number of aromatic carboxylic acids is 1. The summed E-state index contributed by atoms with van der Waals surface area (Å²) in [6.07, 6.45) is 0.521. The summed E-state index contributed by atoms with van der Waals surface area (Å²) in [5.74, 6) is -1.67. The fraction of sp³-hybridized carbons (Fsp3) is 0.217. The van der Waals surface area contributed by atoms with Gasteiger partial charge in [-0.15, -0.1) is 0 Å². The van der Waals surface area contributed by atoms with E-state index in [2.05, 4.69) is 27.9 Å². The van der Waals surface area contributed by atoms with Crippen LogP contribution in [-0.4, -0.2) is 46.0 Å². The predicted molar refractivity (Wildman–Crippen MR) is 115 cm³/mol. The first-order chi connectivity index (χ1) is 15.5. The zero-order valence-corrected chi connectivity index (χ0v) is 17.4. The molecule has 2 amide bonds. The molecule has 1 heterocycles. The summed E-state index contributed by atoms with van der Waals surface area (Å²) in [6, 6.07) is 16.0. The molecule has 0 radical (unpaired) electrons. The molecule has 0 spiro atoms. The lowest BCUT2D eigenvalue weighted by Gasteiger charge is -2.14. The number of carbonyl (C=O) groups excluding carboxylic acids is 2. The van der Waals surface area contributed by atoms with E-state index < -0.39 is 18.0 Å². The van der Waals surface area contributed by atoms with E-state index in [0.717, 1.165) is 22.3 Å². The van der Waals surface area contributed by atoms with E-state index in [1.807, 2.05) is 36.4 Å². The Bertz CT molecular complexity index is 1140. The SMILES string of the molecule is Cn1ncc(C(=O)O)c1CNC(=O)CNC(=O)OCC1c2ccccc2-c2ccccc21.